The number of unbranched alkanes of at least 4 members (excludes halogenated alkanes) is 9. The molecule has 0 heterocycles. The van der Waals surface area contributed by atoms with Crippen LogP contribution in [0.25, 0.3) is 0 Å². The van der Waals surface area contributed by atoms with Crippen LogP contribution in [0.1, 0.15) is 77.6 Å². The van der Waals surface area contributed by atoms with Crippen molar-refractivity contribution in [2.75, 3.05) is 0 Å². The number of rotatable bonds is 12. The summed E-state index contributed by atoms with van der Waals surface area (Å²) in [5, 5.41) is 0. The van der Waals surface area contributed by atoms with Gasteiger partial charge in [0.25, 0.3) is 0 Å². The zero-order valence-corrected chi connectivity index (χ0v) is 11.8. The van der Waals surface area contributed by atoms with E-state index in [-0.39, 0.29) is 0 Å². The Balaban J connectivity index is 3.03. The summed E-state index contributed by atoms with van der Waals surface area (Å²) < 4.78 is 0. The van der Waals surface area contributed by atoms with Gasteiger partial charge in [0.15, 0.2) is 0 Å². The standard InChI is InChI=1S/C17H31/c1-3-5-7-9-11-13-15-17-16-14-12-10-8-6-4-2/h3,5,13,15H,1,4,6-12,14,16-17H2,2H3. The smallest absolute Gasteiger partial charge is 0.0316 e. The first kappa shape index (κ1) is 16.5. The molecule has 0 saturated heterocycles. The average Bonchev–Trinajstić information content (AvgIpc) is 2.35. The van der Waals surface area contributed by atoms with E-state index in [2.05, 4.69) is 32.1 Å². The Morgan fingerprint density at radius 3 is 1.82 bits per heavy atom. The number of hydrogen-bond donors (Lipinski definition) is 0. The fraction of sp³-hybridized carbons (Fsp3) is 0.706. The lowest BCUT2D eigenvalue weighted by molar-refractivity contribution is 0.592. The van der Waals surface area contributed by atoms with Crippen LogP contribution in [-0.2, 0) is 0 Å². The normalized spacial score (nSPS) is 11.9. The molecule has 0 amide bonds. The quantitative estimate of drug-likeness (QED) is 0.277. The molecule has 0 aliphatic heterocycles. The van der Waals surface area contributed by atoms with Gasteiger partial charge in [-0.1, -0.05) is 69.8 Å². The molecule has 1 radical (unpaired) electrons. The van der Waals surface area contributed by atoms with Gasteiger partial charge in [-0.25, -0.2) is 0 Å². The predicted octanol–water partition coefficient (Wildman–Crippen LogP) is 6.24. The highest BCUT2D eigenvalue weighted by molar-refractivity contribution is 4.86. The van der Waals surface area contributed by atoms with Crippen LogP contribution in [0.5, 0.6) is 0 Å². The largest absolute Gasteiger partial charge is 0.0885 e. The molecule has 0 heteroatoms. The first-order chi connectivity index (χ1) is 8.41. The van der Waals surface area contributed by atoms with Crippen molar-refractivity contribution in [2.24, 2.45) is 0 Å². The van der Waals surface area contributed by atoms with Gasteiger partial charge < -0.3 is 0 Å². The summed E-state index contributed by atoms with van der Waals surface area (Å²) in [4.78, 5) is 0. The predicted molar refractivity (Wildman–Crippen MR) is 80.1 cm³/mol. The maximum absolute atomic E-state index is 3.68. The molecule has 0 spiro atoms. The second kappa shape index (κ2) is 15.5. The van der Waals surface area contributed by atoms with E-state index in [1.165, 1.54) is 70.6 Å². The van der Waals surface area contributed by atoms with E-state index < -0.39 is 0 Å². The van der Waals surface area contributed by atoms with Crippen molar-refractivity contribution in [3.63, 3.8) is 0 Å². The first-order valence-electron chi connectivity index (χ1n) is 7.51. The van der Waals surface area contributed by atoms with Crippen molar-refractivity contribution in [3.8, 4) is 0 Å². The monoisotopic (exact) mass is 235 g/mol. The average molecular weight is 235 g/mol. The zero-order valence-electron chi connectivity index (χ0n) is 11.8. The first-order valence-corrected chi connectivity index (χ1v) is 7.51. The van der Waals surface area contributed by atoms with Crippen LogP contribution in [0.4, 0.5) is 0 Å². The van der Waals surface area contributed by atoms with Gasteiger partial charge in [0.2, 0.25) is 0 Å². The highest BCUT2D eigenvalue weighted by atomic mass is 14.0. The fourth-order valence-corrected chi connectivity index (χ4v) is 1.93. The Morgan fingerprint density at radius 1 is 0.647 bits per heavy atom. The van der Waals surface area contributed by atoms with Crippen LogP contribution in [0.15, 0.2) is 24.3 Å². The van der Waals surface area contributed by atoms with Crippen LogP contribution >= 0.6 is 0 Å². The summed E-state index contributed by atoms with van der Waals surface area (Å²) >= 11 is 0. The third kappa shape index (κ3) is 15.5. The summed E-state index contributed by atoms with van der Waals surface area (Å²) in [6.07, 6.45) is 23.5. The van der Waals surface area contributed by atoms with Crippen LogP contribution in [0.3, 0.4) is 0 Å². The van der Waals surface area contributed by atoms with Gasteiger partial charge in [0, 0.05) is 0 Å². The van der Waals surface area contributed by atoms with E-state index in [0.717, 1.165) is 0 Å². The molecule has 0 aromatic rings. The molecular formula is C17H31. The molecule has 0 unspecified atom stereocenters. The van der Waals surface area contributed by atoms with E-state index in [1.54, 1.807) is 0 Å². The molecule has 0 aliphatic carbocycles. The van der Waals surface area contributed by atoms with Crippen LogP contribution in [0, 0.1) is 6.92 Å². The van der Waals surface area contributed by atoms with Gasteiger partial charge in [-0.3, -0.25) is 0 Å². The van der Waals surface area contributed by atoms with Crippen LogP contribution in [-0.4, -0.2) is 0 Å². The lowest BCUT2D eigenvalue weighted by atomic mass is 10.1. The maximum atomic E-state index is 3.68. The Kier molecular flexibility index (Phi) is 15.0. The Bertz CT molecular complexity index is 176. The van der Waals surface area contributed by atoms with Crippen molar-refractivity contribution >= 4 is 0 Å². The molecule has 0 N–H and O–H groups in total. The van der Waals surface area contributed by atoms with Gasteiger partial charge >= 0.3 is 0 Å². The Morgan fingerprint density at radius 2 is 1.18 bits per heavy atom. The van der Waals surface area contributed by atoms with Gasteiger partial charge in [-0.05, 0) is 39.0 Å². The summed E-state index contributed by atoms with van der Waals surface area (Å²) in [5.41, 5.74) is 0. The molecule has 0 aliphatic rings. The van der Waals surface area contributed by atoms with Gasteiger partial charge in [0.1, 0.15) is 0 Å². The van der Waals surface area contributed by atoms with Gasteiger partial charge in [-0.2, -0.15) is 0 Å². The van der Waals surface area contributed by atoms with Crippen molar-refractivity contribution in [2.45, 2.75) is 77.6 Å². The highest BCUT2D eigenvalue weighted by Crippen LogP contribution is 2.09. The molecule has 0 atom stereocenters. The van der Waals surface area contributed by atoms with Gasteiger partial charge in [0.05, 0.1) is 0 Å². The van der Waals surface area contributed by atoms with Gasteiger partial charge in [-0.15, -0.1) is 0 Å². The Hall–Kier alpha value is -0.520. The molecule has 0 saturated carbocycles. The molecule has 0 nitrogen and oxygen atoms in total. The van der Waals surface area contributed by atoms with E-state index in [4.69, 9.17) is 0 Å². The summed E-state index contributed by atoms with van der Waals surface area (Å²) in [7, 11) is 0. The molecule has 0 fully saturated rings. The van der Waals surface area contributed by atoms with Crippen molar-refractivity contribution < 1.29 is 0 Å². The molecular weight excluding hydrogens is 204 g/mol. The molecule has 99 valence electrons. The van der Waals surface area contributed by atoms with Crippen LogP contribution < -0.4 is 0 Å². The summed E-state index contributed by atoms with van der Waals surface area (Å²) in [6, 6.07) is 0. The topological polar surface area (TPSA) is 0 Å². The van der Waals surface area contributed by atoms with Crippen LogP contribution in [0.2, 0.25) is 0 Å². The molecule has 0 aromatic heterocycles. The minimum atomic E-state index is 1.17. The zero-order chi connectivity index (χ0) is 12.6. The summed E-state index contributed by atoms with van der Waals surface area (Å²) in [5.74, 6) is 0. The number of allylic oxidation sites excluding steroid dienone is 4. The molecule has 0 rings (SSSR count). The van der Waals surface area contributed by atoms with E-state index >= 15 is 0 Å². The van der Waals surface area contributed by atoms with E-state index in [0.29, 0.717) is 0 Å². The molecule has 0 aromatic carbocycles. The van der Waals surface area contributed by atoms with E-state index in [9.17, 15) is 0 Å². The second-order valence-electron chi connectivity index (χ2n) is 4.78. The van der Waals surface area contributed by atoms with Crippen molar-refractivity contribution in [1.82, 2.24) is 0 Å². The van der Waals surface area contributed by atoms with Crippen molar-refractivity contribution in [3.05, 3.63) is 31.2 Å². The minimum Gasteiger partial charge on any atom is -0.0885 e. The Labute approximate surface area is 109 Å². The maximum Gasteiger partial charge on any atom is -0.0316 e. The third-order valence-corrected chi connectivity index (χ3v) is 3.05. The lowest BCUT2D eigenvalue weighted by Gasteiger charge is -1.98. The molecule has 17 heavy (non-hydrogen) atoms. The SMILES string of the molecule is [CH2]C=CCCCC=CCCCCCCCCC. The third-order valence-electron chi connectivity index (χ3n) is 3.05. The minimum absolute atomic E-state index is 1.17. The molecule has 0 bridgehead atoms. The van der Waals surface area contributed by atoms with E-state index in [1.807, 2.05) is 6.08 Å². The second-order valence-corrected chi connectivity index (χ2v) is 4.78. The fourth-order valence-electron chi connectivity index (χ4n) is 1.93. The summed E-state index contributed by atoms with van der Waals surface area (Å²) in [6.45, 7) is 5.96. The number of hydrogen-bond acceptors (Lipinski definition) is 0. The lowest BCUT2D eigenvalue weighted by Crippen LogP contribution is -1.79. The highest BCUT2D eigenvalue weighted by Gasteiger charge is 1.89. The van der Waals surface area contributed by atoms with Crippen molar-refractivity contribution in [1.29, 1.82) is 0 Å².